The number of thioether (sulfide) groups is 1. The van der Waals surface area contributed by atoms with Crippen LogP contribution in [0.25, 0.3) is 0 Å². The van der Waals surface area contributed by atoms with Gasteiger partial charge in [-0.2, -0.15) is 10.4 Å². The van der Waals surface area contributed by atoms with Crippen LogP contribution in [0.15, 0.2) is 28.4 Å². The Bertz CT molecular complexity index is 448. The molecule has 0 saturated carbocycles. The minimum atomic E-state index is -0.534. The second kappa shape index (κ2) is 5.27. The Morgan fingerprint density at radius 3 is 2.87 bits per heavy atom. The van der Waals surface area contributed by atoms with Crippen LogP contribution in [0.2, 0.25) is 0 Å². The highest BCUT2D eigenvalue weighted by Crippen LogP contribution is 2.15. The van der Waals surface area contributed by atoms with E-state index in [0.29, 0.717) is 10.6 Å². The lowest BCUT2D eigenvalue weighted by atomic mass is 10.1. The lowest BCUT2D eigenvalue weighted by Gasteiger charge is -2.01. The first-order chi connectivity index (χ1) is 7.22. The van der Waals surface area contributed by atoms with Gasteiger partial charge in [-0.15, -0.1) is 16.9 Å². The molecule has 0 saturated heterocycles. The molecule has 0 aromatic heterocycles. The zero-order chi connectivity index (χ0) is 11.3. The van der Waals surface area contributed by atoms with Gasteiger partial charge in [-0.3, -0.25) is 0 Å². The maximum absolute atomic E-state index is 13.0. The van der Waals surface area contributed by atoms with Crippen molar-refractivity contribution in [2.75, 3.05) is 6.26 Å². The molecule has 3 nitrogen and oxygen atoms in total. The Labute approximate surface area is 91.3 Å². The molecule has 0 N–H and O–H groups in total. The third kappa shape index (κ3) is 2.64. The fourth-order valence-electron chi connectivity index (χ4n) is 1.02. The van der Waals surface area contributed by atoms with Gasteiger partial charge < -0.3 is 0 Å². The van der Waals surface area contributed by atoms with Crippen LogP contribution >= 0.6 is 11.8 Å². The fourth-order valence-corrected chi connectivity index (χ4v) is 1.53. The van der Waals surface area contributed by atoms with E-state index in [1.165, 1.54) is 23.9 Å². The number of hydrogen-bond acceptors (Lipinski definition) is 4. The average Bonchev–Trinajstić information content (AvgIpc) is 2.27. The van der Waals surface area contributed by atoms with E-state index in [4.69, 9.17) is 5.26 Å². The Hall–Kier alpha value is -1.67. The third-order valence-corrected chi connectivity index (χ3v) is 2.39. The van der Waals surface area contributed by atoms with Crippen LogP contribution in [0.4, 0.5) is 4.39 Å². The predicted octanol–water partition coefficient (Wildman–Crippen LogP) is 2.42. The molecule has 0 amide bonds. The largest absolute Gasteiger partial charge is 0.206 e. The van der Waals surface area contributed by atoms with E-state index in [1.807, 2.05) is 6.26 Å². The number of nitriles is 1. The Morgan fingerprint density at radius 1 is 1.60 bits per heavy atom. The Balaban J connectivity index is 3.22. The molecule has 1 aromatic carbocycles. The van der Waals surface area contributed by atoms with Crippen LogP contribution in [0.3, 0.4) is 0 Å². The third-order valence-electron chi connectivity index (χ3n) is 1.69. The van der Waals surface area contributed by atoms with Gasteiger partial charge in [-0.1, -0.05) is 0 Å². The van der Waals surface area contributed by atoms with Crippen molar-refractivity contribution < 1.29 is 4.39 Å². The van der Waals surface area contributed by atoms with E-state index in [-0.39, 0.29) is 5.56 Å². The number of benzene rings is 1. The monoisotopic (exact) mass is 221 g/mol. The number of halogens is 1. The maximum atomic E-state index is 13.0. The molecule has 5 heteroatoms. The molecule has 0 radical (unpaired) electrons. The molecule has 0 bridgehead atoms. The first-order valence-corrected chi connectivity index (χ1v) is 5.23. The lowest BCUT2D eigenvalue weighted by molar-refractivity contribution is 0.624. The molecule has 0 aliphatic rings. The zero-order valence-electron chi connectivity index (χ0n) is 8.07. The van der Waals surface area contributed by atoms with E-state index in [0.717, 1.165) is 0 Å². The minimum Gasteiger partial charge on any atom is -0.206 e. The van der Waals surface area contributed by atoms with E-state index < -0.39 is 5.82 Å². The topological polar surface area (TPSA) is 48.5 Å². The summed E-state index contributed by atoms with van der Waals surface area (Å²) in [4.78, 5) is 0. The van der Waals surface area contributed by atoms with Gasteiger partial charge in [0.2, 0.25) is 0 Å². The molecule has 0 heterocycles. The summed E-state index contributed by atoms with van der Waals surface area (Å²) in [5.41, 5.74) is 0.658. The molecular weight excluding hydrogens is 213 g/mol. The van der Waals surface area contributed by atoms with Gasteiger partial charge in [0.1, 0.15) is 16.9 Å². The minimum absolute atomic E-state index is 0.00156. The highest BCUT2D eigenvalue weighted by Gasteiger charge is 2.07. The van der Waals surface area contributed by atoms with Crippen molar-refractivity contribution in [3.8, 4) is 6.07 Å². The average molecular weight is 221 g/mol. The summed E-state index contributed by atoms with van der Waals surface area (Å²) in [7, 11) is 0. The SMILES string of the molecule is C=NN=C(SC)c1ccc(F)c(C#N)c1. The molecule has 0 atom stereocenters. The second-order valence-electron chi connectivity index (χ2n) is 2.56. The first kappa shape index (κ1) is 11.4. The maximum Gasteiger partial charge on any atom is 0.140 e. The smallest absolute Gasteiger partial charge is 0.140 e. The first-order valence-electron chi connectivity index (χ1n) is 4.00. The second-order valence-corrected chi connectivity index (χ2v) is 3.35. The summed E-state index contributed by atoms with van der Waals surface area (Å²) >= 11 is 1.36. The Kier molecular flexibility index (Phi) is 4.01. The van der Waals surface area contributed by atoms with Crippen molar-refractivity contribution in [1.29, 1.82) is 5.26 Å². The predicted molar refractivity (Wildman–Crippen MR) is 60.7 cm³/mol. The number of hydrogen-bond donors (Lipinski definition) is 0. The molecule has 0 unspecified atom stereocenters. The summed E-state index contributed by atoms with van der Waals surface area (Å²) in [6.45, 7) is 3.24. The van der Waals surface area contributed by atoms with Gasteiger partial charge in [0.15, 0.2) is 0 Å². The molecule has 1 aromatic rings. The molecule has 15 heavy (non-hydrogen) atoms. The van der Waals surface area contributed by atoms with Crippen LogP contribution in [0, 0.1) is 17.1 Å². The van der Waals surface area contributed by atoms with Crippen molar-refractivity contribution in [3.63, 3.8) is 0 Å². The van der Waals surface area contributed by atoms with Gasteiger partial charge in [0.25, 0.3) is 0 Å². The van der Waals surface area contributed by atoms with Gasteiger partial charge >= 0.3 is 0 Å². The van der Waals surface area contributed by atoms with Crippen LogP contribution in [0.1, 0.15) is 11.1 Å². The highest BCUT2D eigenvalue weighted by atomic mass is 32.2. The normalized spacial score (nSPS) is 10.9. The summed E-state index contributed by atoms with van der Waals surface area (Å²) in [6.07, 6.45) is 1.82. The fraction of sp³-hybridized carbons (Fsp3) is 0.100. The van der Waals surface area contributed by atoms with Crippen molar-refractivity contribution in [2.45, 2.75) is 0 Å². The van der Waals surface area contributed by atoms with Gasteiger partial charge in [-0.05, 0) is 24.5 Å². The summed E-state index contributed by atoms with van der Waals surface area (Å²) in [5.74, 6) is -0.534. The van der Waals surface area contributed by atoms with E-state index in [9.17, 15) is 4.39 Å². The summed E-state index contributed by atoms with van der Waals surface area (Å²) in [5, 5.41) is 16.4. The van der Waals surface area contributed by atoms with Crippen LogP contribution in [-0.2, 0) is 0 Å². The standard InChI is InChI=1S/C10H8FN3S/c1-13-14-10(15-2)7-3-4-9(11)8(5-7)6-12/h3-5H,1H2,2H3. The van der Waals surface area contributed by atoms with Crippen molar-refractivity contribution in [3.05, 3.63) is 35.1 Å². The number of rotatable bonds is 2. The zero-order valence-corrected chi connectivity index (χ0v) is 8.88. The van der Waals surface area contributed by atoms with Crippen molar-refractivity contribution >= 4 is 23.5 Å². The molecule has 0 fully saturated rings. The summed E-state index contributed by atoms with van der Waals surface area (Å²) in [6, 6.07) is 6.00. The number of nitrogens with zero attached hydrogens (tertiary/aromatic N) is 3. The van der Waals surface area contributed by atoms with Crippen LogP contribution in [0.5, 0.6) is 0 Å². The molecule has 76 valence electrons. The van der Waals surface area contributed by atoms with Gasteiger partial charge in [0, 0.05) is 12.3 Å². The molecular formula is C10H8FN3S. The quantitative estimate of drug-likeness (QED) is 0.437. The lowest BCUT2D eigenvalue weighted by Crippen LogP contribution is -1.96. The van der Waals surface area contributed by atoms with Crippen molar-refractivity contribution in [2.24, 2.45) is 10.2 Å². The van der Waals surface area contributed by atoms with E-state index in [1.54, 1.807) is 12.1 Å². The molecule has 0 spiro atoms. The van der Waals surface area contributed by atoms with Gasteiger partial charge in [-0.25, -0.2) is 4.39 Å². The molecule has 0 aliphatic carbocycles. The van der Waals surface area contributed by atoms with Crippen LogP contribution in [-0.4, -0.2) is 18.0 Å². The molecule has 1 rings (SSSR count). The highest BCUT2D eigenvalue weighted by molar-refractivity contribution is 8.13. The van der Waals surface area contributed by atoms with Crippen molar-refractivity contribution in [1.82, 2.24) is 0 Å². The van der Waals surface area contributed by atoms with E-state index in [2.05, 4.69) is 16.9 Å². The summed E-state index contributed by atoms with van der Waals surface area (Å²) < 4.78 is 13.0. The van der Waals surface area contributed by atoms with Crippen LogP contribution < -0.4 is 0 Å². The molecule has 0 aliphatic heterocycles. The van der Waals surface area contributed by atoms with E-state index >= 15 is 0 Å². The Morgan fingerprint density at radius 2 is 2.33 bits per heavy atom. The van der Waals surface area contributed by atoms with Gasteiger partial charge in [0.05, 0.1) is 5.56 Å².